The summed E-state index contributed by atoms with van der Waals surface area (Å²) in [6.45, 7) is 5.88. The molecule has 0 radical (unpaired) electrons. The van der Waals surface area contributed by atoms with E-state index in [0.717, 1.165) is 25.6 Å². The normalized spacial score (nSPS) is 19.6. The maximum absolute atomic E-state index is 8.55. The molecule has 0 unspecified atom stereocenters. The number of nitrogens with one attached hydrogen (secondary N) is 1. The molecule has 1 aliphatic rings. The van der Waals surface area contributed by atoms with E-state index in [0.29, 0.717) is 6.61 Å². The number of piperidine rings is 1. The smallest absolute Gasteiger partial charge is 0.0698 e. The molecular weight excluding hydrogens is 192 g/mol. The Labute approximate surface area is 92.6 Å². The lowest BCUT2D eigenvalue weighted by Gasteiger charge is -2.31. The summed E-state index contributed by atoms with van der Waals surface area (Å²) < 4.78 is 5.26. The summed E-state index contributed by atoms with van der Waals surface area (Å²) in [5, 5.41) is 11.8. The third-order valence-electron chi connectivity index (χ3n) is 2.99. The molecule has 2 N–H and O–H groups in total. The number of nitrogens with zero attached hydrogens (tertiary/aromatic N) is 1. The molecular formula is C11H24N2O2. The van der Waals surface area contributed by atoms with Gasteiger partial charge in [0.1, 0.15) is 0 Å². The van der Waals surface area contributed by atoms with Crippen molar-refractivity contribution in [3.05, 3.63) is 0 Å². The number of rotatable bonds is 7. The third-order valence-corrected chi connectivity index (χ3v) is 2.99. The zero-order valence-corrected chi connectivity index (χ0v) is 9.74. The van der Waals surface area contributed by atoms with Gasteiger partial charge in [-0.25, -0.2) is 0 Å². The molecule has 4 nitrogen and oxygen atoms in total. The van der Waals surface area contributed by atoms with Gasteiger partial charge in [0.25, 0.3) is 0 Å². The minimum Gasteiger partial charge on any atom is -0.394 e. The van der Waals surface area contributed by atoms with Crippen molar-refractivity contribution in [1.82, 2.24) is 10.2 Å². The van der Waals surface area contributed by atoms with E-state index >= 15 is 0 Å². The predicted octanol–water partition coefficient (Wildman–Crippen LogP) is -0.0733. The van der Waals surface area contributed by atoms with Crippen LogP contribution in [0, 0.1) is 5.92 Å². The number of ether oxygens (including phenoxy) is 1. The molecule has 1 rings (SSSR count). The summed E-state index contributed by atoms with van der Waals surface area (Å²) in [5.41, 5.74) is 0. The molecule has 0 amide bonds. The van der Waals surface area contributed by atoms with Gasteiger partial charge in [0, 0.05) is 6.54 Å². The molecule has 0 saturated carbocycles. The second-order valence-electron chi connectivity index (χ2n) is 4.18. The van der Waals surface area contributed by atoms with Crippen LogP contribution < -0.4 is 5.32 Å². The maximum atomic E-state index is 8.55. The first kappa shape index (κ1) is 12.9. The van der Waals surface area contributed by atoms with Crippen molar-refractivity contribution < 1.29 is 9.84 Å². The van der Waals surface area contributed by atoms with Gasteiger partial charge >= 0.3 is 0 Å². The SMILES string of the molecule is CNCC1CCN(CCOCCO)CC1. The first-order valence-corrected chi connectivity index (χ1v) is 5.92. The largest absolute Gasteiger partial charge is 0.394 e. The van der Waals surface area contributed by atoms with Crippen molar-refractivity contribution in [2.45, 2.75) is 12.8 Å². The Morgan fingerprint density at radius 3 is 2.67 bits per heavy atom. The Kier molecular flexibility index (Phi) is 6.92. The number of aliphatic hydroxyl groups excluding tert-OH is 1. The van der Waals surface area contributed by atoms with E-state index in [1.54, 1.807) is 0 Å². The van der Waals surface area contributed by atoms with Crippen LogP contribution in [0.2, 0.25) is 0 Å². The van der Waals surface area contributed by atoms with Crippen LogP contribution in [-0.4, -0.2) is 63.1 Å². The lowest BCUT2D eigenvalue weighted by atomic mass is 9.97. The molecule has 1 aliphatic heterocycles. The van der Waals surface area contributed by atoms with Crippen LogP contribution >= 0.6 is 0 Å². The van der Waals surface area contributed by atoms with Crippen LogP contribution in [0.3, 0.4) is 0 Å². The second kappa shape index (κ2) is 8.05. The average molecular weight is 216 g/mol. The van der Waals surface area contributed by atoms with Crippen LogP contribution in [-0.2, 0) is 4.74 Å². The third kappa shape index (κ3) is 5.47. The number of likely N-dealkylation sites (tertiary alicyclic amines) is 1. The summed E-state index contributed by atoms with van der Waals surface area (Å²) in [6.07, 6.45) is 2.58. The molecule has 15 heavy (non-hydrogen) atoms. The van der Waals surface area contributed by atoms with Crippen LogP contribution in [0.15, 0.2) is 0 Å². The summed E-state index contributed by atoms with van der Waals surface area (Å²) in [7, 11) is 2.02. The summed E-state index contributed by atoms with van der Waals surface area (Å²) >= 11 is 0. The van der Waals surface area contributed by atoms with Crippen LogP contribution in [0.4, 0.5) is 0 Å². The van der Waals surface area contributed by atoms with Crippen molar-refractivity contribution in [3.8, 4) is 0 Å². The van der Waals surface area contributed by atoms with Gasteiger partial charge in [0.15, 0.2) is 0 Å². The van der Waals surface area contributed by atoms with Crippen molar-refractivity contribution >= 4 is 0 Å². The van der Waals surface area contributed by atoms with Gasteiger partial charge in [-0.15, -0.1) is 0 Å². The number of aliphatic hydroxyl groups is 1. The highest BCUT2D eigenvalue weighted by Gasteiger charge is 2.17. The van der Waals surface area contributed by atoms with Gasteiger partial charge in [-0.05, 0) is 45.4 Å². The molecule has 1 saturated heterocycles. The molecule has 1 fully saturated rings. The summed E-state index contributed by atoms with van der Waals surface area (Å²) in [6, 6.07) is 0. The predicted molar refractivity (Wildman–Crippen MR) is 61.0 cm³/mol. The van der Waals surface area contributed by atoms with Crippen molar-refractivity contribution in [2.75, 3.05) is 53.0 Å². The van der Waals surface area contributed by atoms with Gasteiger partial charge in [-0.2, -0.15) is 0 Å². The summed E-state index contributed by atoms with van der Waals surface area (Å²) in [4.78, 5) is 2.45. The monoisotopic (exact) mass is 216 g/mol. The zero-order valence-electron chi connectivity index (χ0n) is 9.74. The van der Waals surface area contributed by atoms with Crippen LogP contribution in [0.25, 0.3) is 0 Å². The molecule has 4 heteroatoms. The van der Waals surface area contributed by atoms with Crippen LogP contribution in [0.5, 0.6) is 0 Å². The zero-order chi connectivity index (χ0) is 10.9. The number of hydrogen-bond donors (Lipinski definition) is 2. The number of hydrogen-bond acceptors (Lipinski definition) is 4. The van der Waals surface area contributed by atoms with Gasteiger partial charge in [-0.1, -0.05) is 0 Å². The summed E-state index contributed by atoms with van der Waals surface area (Å²) in [5.74, 6) is 0.851. The topological polar surface area (TPSA) is 44.7 Å². The molecule has 1 heterocycles. The minimum atomic E-state index is 0.129. The Morgan fingerprint density at radius 1 is 1.33 bits per heavy atom. The lowest BCUT2D eigenvalue weighted by molar-refractivity contribution is 0.0649. The van der Waals surface area contributed by atoms with E-state index in [9.17, 15) is 0 Å². The molecule has 0 aromatic carbocycles. The van der Waals surface area contributed by atoms with Gasteiger partial charge in [0.2, 0.25) is 0 Å². The van der Waals surface area contributed by atoms with E-state index in [2.05, 4.69) is 10.2 Å². The molecule has 0 aromatic rings. The second-order valence-corrected chi connectivity index (χ2v) is 4.18. The van der Waals surface area contributed by atoms with E-state index in [1.165, 1.54) is 25.9 Å². The highest BCUT2D eigenvalue weighted by atomic mass is 16.5. The van der Waals surface area contributed by atoms with E-state index < -0.39 is 0 Å². The quantitative estimate of drug-likeness (QED) is 0.585. The van der Waals surface area contributed by atoms with E-state index in [4.69, 9.17) is 9.84 Å². The minimum absolute atomic E-state index is 0.129. The highest BCUT2D eigenvalue weighted by Crippen LogP contribution is 2.15. The van der Waals surface area contributed by atoms with Gasteiger partial charge < -0.3 is 20.1 Å². The fourth-order valence-electron chi connectivity index (χ4n) is 2.06. The van der Waals surface area contributed by atoms with Crippen molar-refractivity contribution in [3.63, 3.8) is 0 Å². The standard InChI is InChI=1S/C11H24N2O2/c1-12-10-11-2-4-13(5-3-11)6-8-15-9-7-14/h11-12,14H,2-10H2,1H3. The Hall–Kier alpha value is -0.160. The maximum Gasteiger partial charge on any atom is 0.0698 e. The van der Waals surface area contributed by atoms with Gasteiger partial charge in [0.05, 0.1) is 19.8 Å². The molecule has 0 aromatic heterocycles. The van der Waals surface area contributed by atoms with Crippen molar-refractivity contribution in [2.24, 2.45) is 5.92 Å². The molecule has 0 spiro atoms. The van der Waals surface area contributed by atoms with Crippen molar-refractivity contribution in [1.29, 1.82) is 0 Å². The molecule has 90 valence electrons. The average Bonchev–Trinajstić information content (AvgIpc) is 2.27. The first-order valence-electron chi connectivity index (χ1n) is 5.92. The molecule has 0 atom stereocenters. The molecule has 0 aliphatic carbocycles. The van der Waals surface area contributed by atoms with E-state index in [1.807, 2.05) is 7.05 Å². The van der Waals surface area contributed by atoms with Crippen LogP contribution in [0.1, 0.15) is 12.8 Å². The Bertz CT molecular complexity index is 145. The van der Waals surface area contributed by atoms with E-state index in [-0.39, 0.29) is 6.61 Å². The lowest BCUT2D eigenvalue weighted by Crippen LogP contribution is -2.38. The first-order chi connectivity index (χ1) is 7.36. The van der Waals surface area contributed by atoms with Gasteiger partial charge in [-0.3, -0.25) is 0 Å². The highest BCUT2D eigenvalue weighted by molar-refractivity contribution is 4.73. The fraction of sp³-hybridized carbons (Fsp3) is 1.00. The Morgan fingerprint density at radius 2 is 2.07 bits per heavy atom. The fourth-order valence-corrected chi connectivity index (χ4v) is 2.06. The Balaban J connectivity index is 1.99. The molecule has 0 bridgehead atoms.